The molecule has 1 aromatic heterocycles. The summed E-state index contributed by atoms with van der Waals surface area (Å²) < 4.78 is 0.658. The van der Waals surface area contributed by atoms with Gasteiger partial charge in [-0.3, -0.25) is 9.59 Å². The molecule has 1 N–H and O–H groups in total. The van der Waals surface area contributed by atoms with Crippen molar-refractivity contribution in [3.05, 3.63) is 50.5 Å². The lowest BCUT2D eigenvalue weighted by atomic mass is 10.1. The van der Waals surface area contributed by atoms with Crippen LogP contribution in [0.25, 0.3) is 10.9 Å². The number of likely N-dealkylation sites (tertiary alicyclic amines) is 1. The maximum atomic E-state index is 12.2. The van der Waals surface area contributed by atoms with Crippen LogP contribution in [-0.2, 0) is 4.79 Å². The summed E-state index contributed by atoms with van der Waals surface area (Å²) in [5.41, 5.74) is 0.353. The van der Waals surface area contributed by atoms with Crippen LogP contribution in [0.5, 0.6) is 0 Å². The average molecular weight is 383 g/mol. The highest BCUT2D eigenvalue weighted by atomic mass is 79.9. The molecule has 114 valence electrons. The molecule has 2 aromatic rings. The highest BCUT2D eigenvalue weighted by molar-refractivity contribution is 9.10. The maximum Gasteiger partial charge on any atom is 0.258 e. The molecule has 0 bridgehead atoms. The van der Waals surface area contributed by atoms with Gasteiger partial charge in [0.25, 0.3) is 5.56 Å². The van der Waals surface area contributed by atoms with Crippen molar-refractivity contribution in [2.45, 2.75) is 12.3 Å². The van der Waals surface area contributed by atoms with Crippen LogP contribution in [0, 0.1) is 0 Å². The van der Waals surface area contributed by atoms with Gasteiger partial charge in [-0.15, -0.1) is 0 Å². The van der Waals surface area contributed by atoms with Crippen LogP contribution < -0.4 is 5.56 Å². The van der Waals surface area contributed by atoms with Crippen LogP contribution >= 0.6 is 27.5 Å². The van der Waals surface area contributed by atoms with E-state index >= 15 is 0 Å². The van der Waals surface area contributed by atoms with Crippen molar-refractivity contribution in [2.75, 3.05) is 13.1 Å². The van der Waals surface area contributed by atoms with Crippen molar-refractivity contribution < 1.29 is 4.79 Å². The Morgan fingerprint density at radius 3 is 3.05 bits per heavy atom. The summed E-state index contributed by atoms with van der Waals surface area (Å²) in [7, 11) is 0. The number of amides is 1. The summed E-state index contributed by atoms with van der Waals surface area (Å²) in [4.78, 5) is 32.9. The number of halogens is 2. The first kappa shape index (κ1) is 15.2. The van der Waals surface area contributed by atoms with E-state index in [9.17, 15) is 9.59 Å². The lowest BCUT2D eigenvalue weighted by Crippen LogP contribution is -2.26. The number of nitrogens with one attached hydrogen (secondary N) is 1. The number of H-pyrrole nitrogens is 1. The zero-order chi connectivity index (χ0) is 15.9. The van der Waals surface area contributed by atoms with E-state index in [4.69, 9.17) is 11.6 Å². The second kappa shape index (κ2) is 5.85. The van der Waals surface area contributed by atoms with Crippen molar-refractivity contribution in [2.24, 2.45) is 0 Å². The fraction of sp³-hybridized carbons (Fsp3) is 0.267. The highest BCUT2D eigenvalue weighted by Gasteiger charge is 2.28. The van der Waals surface area contributed by atoms with Crippen LogP contribution in [0.15, 0.2) is 34.1 Å². The molecule has 1 amide bonds. The molecule has 2 heterocycles. The van der Waals surface area contributed by atoms with E-state index in [1.165, 1.54) is 6.08 Å². The molecule has 1 aromatic carbocycles. The van der Waals surface area contributed by atoms with Gasteiger partial charge in [-0.25, -0.2) is 4.98 Å². The summed E-state index contributed by atoms with van der Waals surface area (Å²) in [6.07, 6.45) is 2.06. The molecule has 0 spiro atoms. The van der Waals surface area contributed by atoms with Crippen LogP contribution in [0.1, 0.15) is 18.2 Å². The summed E-state index contributed by atoms with van der Waals surface area (Å²) >= 11 is 9.37. The molecule has 1 saturated heterocycles. The lowest BCUT2D eigenvalue weighted by molar-refractivity contribution is -0.125. The molecule has 1 unspecified atom stereocenters. The van der Waals surface area contributed by atoms with Gasteiger partial charge in [0.15, 0.2) is 0 Å². The van der Waals surface area contributed by atoms with E-state index in [0.717, 1.165) is 6.42 Å². The first-order valence-electron chi connectivity index (χ1n) is 6.80. The third-order valence-electron chi connectivity index (χ3n) is 3.83. The number of carbonyl (C=O) groups excluding carboxylic acids is 1. The highest BCUT2D eigenvalue weighted by Crippen LogP contribution is 2.28. The molecule has 22 heavy (non-hydrogen) atoms. The summed E-state index contributed by atoms with van der Waals surface area (Å²) in [6, 6.07) is 3.33. The first-order valence-corrected chi connectivity index (χ1v) is 7.97. The minimum Gasteiger partial charge on any atom is -0.338 e. The van der Waals surface area contributed by atoms with E-state index in [2.05, 4.69) is 32.5 Å². The smallest absolute Gasteiger partial charge is 0.258 e. The number of rotatable bonds is 2. The Hall–Kier alpha value is -1.66. The van der Waals surface area contributed by atoms with Gasteiger partial charge in [-0.05, 0) is 40.6 Å². The van der Waals surface area contributed by atoms with Crippen LogP contribution in [-0.4, -0.2) is 33.9 Å². The largest absolute Gasteiger partial charge is 0.338 e. The molecule has 0 radical (unpaired) electrons. The Bertz CT molecular complexity index is 833. The molecule has 7 heteroatoms. The molecule has 1 aliphatic rings. The van der Waals surface area contributed by atoms with Crippen LogP contribution in [0.3, 0.4) is 0 Å². The topological polar surface area (TPSA) is 66.1 Å². The quantitative estimate of drug-likeness (QED) is 0.812. The fourth-order valence-corrected chi connectivity index (χ4v) is 3.16. The second-order valence-corrected chi connectivity index (χ2v) is 6.47. The predicted octanol–water partition coefficient (Wildman–Crippen LogP) is 2.84. The van der Waals surface area contributed by atoms with Crippen molar-refractivity contribution in [1.82, 2.24) is 14.9 Å². The summed E-state index contributed by atoms with van der Waals surface area (Å²) in [5, 5.41) is 0.989. The van der Waals surface area contributed by atoms with Crippen LogP contribution in [0.2, 0.25) is 5.02 Å². The molecule has 1 atom stereocenters. The molecular weight excluding hydrogens is 370 g/mol. The van der Waals surface area contributed by atoms with Crippen molar-refractivity contribution in [3.8, 4) is 0 Å². The fourth-order valence-electron chi connectivity index (χ4n) is 2.66. The van der Waals surface area contributed by atoms with E-state index in [-0.39, 0.29) is 17.4 Å². The molecule has 0 saturated carbocycles. The number of aromatic nitrogens is 2. The Kier molecular flexibility index (Phi) is 4.06. The van der Waals surface area contributed by atoms with Gasteiger partial charge in [0, 0.05) is 23.5 Å². The van der Waals surface area contributed by atoms with Gasteiger partial charge in [0.05, 0.1) is 15.9 Å². The number of aromatic amines is 1. The molecular formula is C15H13BrClN3O2. The summed E-state index contributed by atoms with van der Waals surface area (Å²) in [6.45, 7) is 4.66. The number of fused-ring (bicyclic) bond motifs is 1. The molecule has 3 rings (SSSR count). The third kappa shape index (κ3) is 2.68. The van der Waals surface area contributed by atoms with Gasteiger partial charge in [0.1, 0.15) is 5.82 Å². The standard InChI is InChI=1S/C15H13BrClN3O2/c1-2-13(21)20-4-3-8(7-20)14-18-12-6-11(17)10(16)5-9(12)15(22)19-14/h2,5-6,8H,1,3-4,7H2,(H,18,19,22). The summed E-state index contributed by atoms with van der Waals surface area (Å²) in [5.74, 6) is 0.510. The van der Waals surface area contributed by atoms with E-state index in [1.54, 1.807) is 17.0 Å². The molecule has 1 aliphatic heterocycles. The van der Waals surface area contributed by atoms with Gasteiger partial charge >= 0.3 is 0 Å². The van der Waals surface area contributed by atoms with Crippen molar-refractivity contribution in [3.63, 3.8) is 0 Å². The van der Waals surface area contributed by atoms with E-state index < -0.39 is 0 Å². The minimum atomic E-state index is -0.203. The predicted molar refractivity (Wildman–Crippen MR) is 89.2 cm³/mol. The number of benzene rings is 1. The third-order valence-corrected chi connectivity index (χ3v) is 5.02. The van der Waals surface area contributed by atoms with Gasteiger partial charge < -0.3 is 9.88 Å². The number of nitrogens with zero attached hydrogens (tertiary/aromatic N) is 2. The van der Waals surface area contributed by atoms with E-state index in [0.29, 0.717) is 39.3 Å². The monoisotopic (exact) mass is 381 g/mol. The Morgan fingerprint density at radius 2 is 2.32 bits per heavy atom. The average Bonchev–Trinajstić information content (AvgIpc) is 2.98. The zero-order valence-electron chi connectivity index (χ0n) is 11.6. The molecule has 1 fully saturated rings. The van der Waals surface area contributed by atoms with Crippen molar-refractivity contribution >= 4 is 44.3 Å². The molecule has 0 aliphatic carbocycles. The zero-order valence-corrected chi connectivity index (χ0v) is 13.9. The Morgan fingerprint density at radius 1 is 1.55 bits per heavy atom. The minimum absolute atomic E-state index is 0.0171. The number of hydrogen-bond acceptors (Lipinski definition) is 3. The first-order chi connectivity index (χ1) is 10.5. The Labute approximate surface area is 140 Å². The van der Waals surface area contributed by atoms with Crippen LogP contribution in [0.4, 0.5) is 0 Å². The molecule has 5 nitrogen and oxygen atoms in total. The van der Waals surface area contributed by atoms with Gasteiger partial charge in [0.2, 0.25) is 5.91 Å². The maximum absolute atomic E-state index is 12.2. The van der Waals surface area contributed by atoms with E-state index in [1.807, 2.05) is 0 Å². The van der Waals surface area contributed by atoms with Gasteiger partial charge in [-0.2, -0.15) is 0 Å². The normalized spacial score (nSPS) is 17.9. The lowest BCUT2D eigenvalue weighted by Gasteiger charge is -2.14. The number of carbonyl (C=O) groups is 1. The Balaban J connectivity index is 1.99. The van der Waals surface area contributed by atoms with Crippen molar-refractivity contribution in [1.29, 1.82) is 0 Å². The second-order valence-electron chi connectivity index (χ2n) is 5.21. The number of hydrogen-bond donors (Lipinski definition) is 1. The SMILES string of the molecule is C=CC(=O)N1CCC(c2nc3cc(Cl)c(Br)cc3c(=O)[nH]2)C1. The van der Waals surface area contributed by atoms with Gasteiger partial charge in [-0.1, -0.05) is 18.2 Å².